The predicted octanol–water partition coefficient (Wildman–Crippen LogP) is 3.43. The average molecular weight is 572 g/mol. The lowest BCUT2D eigenvalue weighted by Gasteiger charge is -2.22. The van der Waals surface area contributed by atoms with E-state index in [-0.39, 0.29) is 41.3 Å². The van der Waals surface area contributed by atoms with Crippen LogP contribution < -0.4 is 10.6 Å². The van der Waals surface area contributed by atoms with Gasteiger partial charge in [-0.3, -0.25) is 14.4 Å². The molecule has 3 N–H and O–H groups in total. The van der Waals surface area contributed by atoms with Crippen LogP contribution in [-0.4, -0.2) is 61.6 Å². The molecule has 11 heteroatoms. The summed E-state index contributed by atoms with van der Waals surface area (Å²) in [5.74, 6) is -1.13. The Kier molecular flexibility index (Phi) is 8.53. The van der Waals surface area contributed by atoms with Gasteiger partial charge in [0, 0.05) is 30.9 Å². The Morgan fingerprint density at radius 2 is 1.77 bits per heavy atom. The van der Waals surface area contributed by atoms with Gasteiger partial charge in [-0.25, -0.2) is 13.4 Å². The molecule has 0 aliphatic heterocycles. The molecule has 1 atom stereocenters. The van der Waals surface area contributed by atoms with E-state index in [0.29, 0.717) is 28.6 Å². The van der Waals surface area contributed by atoms with Gasteiger partial charge in [0.05, 0.1) is 16.8 Å². The number of Topliss-reactive ketones (excluding diaryl/α,β-unsaturated/α-hetero) is 1. The van der Waals surface area contributed by atoms with E-state index >= 15 is 0 Å². The number of benzene rings is 2. The fourth-order valence-electron chi connectivity index (χ4n) is 4.27. The second kappa shape index (κ2) is 11.5. The first-order chi connectivity index (χ1) is 18.4. The summed E-state index contributed by atoms with van der Waals surface area (Å²) >= 11 is 1.12. The number of amides is 2. The number of hydrogen-bond donors (Lipinski definition) is 3. The maximum atomic E-state index is 12.8. The fourth-order valence-corrected chi connectivity index (χ4v) is 6.81. The van der Waals surface area contributed by atoms with Gasteiger partial charge in [-0.05, 0) is 47.9 Å². The molecule has 0 bridgehead atoms. The van der Waals surface area contributed by atoms with E-state index in [9.17, 15) is 27.9 Å². The zero-order chi connectivity index (χ0) is 28.4. The highest BCUT2D eigenvalue weighted by molar-refractivity contribution is 7.91. The summed E-state index contributed by atoms with van der Waals surface area (Å²) in [5, 5.41) is 13.0. The summed E-state index contributed by atoms with van der Waals surface area (Å²) in [6.07, 6.45) is 3.68. The van der Waals surface area contributed by atoms with Crippen molar-refractivity contribution in [2.45, 2.75) is 50.8 Å². The van der Waals surface area contributed by atoms with Gasteiger partial charge in [0.1, 0.15) is 5.01 Å². The summed E-state index contributed by atoms with van der Waals surface area (Å²) in [7, 11) is -3.86. The van der Waals surface area contributed by atoms with E-state index in [1.54, 1.807) is 18.2 Å². The number of hydrogen-bond acceptors (Lipinski definition) is 8. The van der Waals surface area contributed by atoms with Crippen molar-refractivity contribution in [3.8, 4) is 11.1 Å². The van der Waals surface area contributed by atoms with E-state index in [1.807, 2.05) is 38.1 Å². The Morgan fingerprint density at radius 1 is 1.10 bits per heavy atom. The van der Waals surface area contributed by atoms with E-state index in [4.69, 9.17) is 0 Å². The van der Waals surface area contributed by atoms with Gasteiger partial charge in [0.15, 0.2) is 20.9 Å². The molecule has 0 radical (unpaired) electrons. The molecule has 1 aliphatic rings. The van der Waals surface area contributed by atoms with Crippen LogP contribution in [0.3, 0.4) is 0 Å². The van der Waals surface area contributed by atoms with Crippen molar-refractivity contribution >= 4 is 49.0 Å². The molecule has 2 amide bonds. The number of carbonyl (C=O) groups is 3. The van der Waals surface area contributed by atoms with Crippen LogP contribution >= 0.6 is 11.3 Å². The number of rotatable bonds is 12. The van der Waals surface area contributed by atoms with E-state index in [1.165, 1.54) is 0 Å². The molecule has 9 nitrogen and oxygen atoms in total. The number of fused-ring (bicyclic) bond motifs is 1. The largest absolute Gasteiger partial charge is 0.396 e. The van der Waals surface area contributed by atoms with Gasteiger partial charge < -0.3 is 15.7 Å². The Balaban J connectivity index is 1.51. The molecule has 1 fully saturated rings. The lowest BCUT2D eigenvalue weighted by atomic mass is 9.83. The van der Waals surface area contributed by atoms with Crippen LogP contribution in [0.2, 0.25) is 0 Å². The molecule has 39 heavy (non-hydrogen) atoms. The third kappa shape index (κ3) is 7.49. The zero-order valence-electron chi connectivity index (χ0n) is 22.2. The minimum Gasteiger partial charge on any atom is -0.396 e. The van der Waals surface area contributed by atoms with E-state index in [2.05, 4.69) is 15.6 Å². The van der Waals surface area contributed by atoms with Crippen LogP contribution in [0.5, 0.6) is 0 Å². The fraction of sp³-hybridized carbons (Fsp3) is 0.429. The van der Waals surface area contributed by atoms with Crippen molar-refractivity contribution in [3.05, 3.63) is 53.0 Å². The van der Waals surface area contributed by atoms with Crippen molar-refractivity contribution in [1.82, 2.24) is 15.6 Å². The Bertz CT molecular complexity index is 1490. The average Bonchev–Trinajstić information content (AvgIpc) is 3.57. The first-order valence-corrected chi connectivity index (χ1v) is 15.5. The van der Waals surface area contributed by atoms with Crippen molar-refractivity contribution in [2.75, 3.05) is 19.4 Å². The Hall–Kier alpha value is -3.15. The number of thiazole rings is 1. The summed E-state index contributed by atoms with van der Waals surface area (Å²) < 4.78 is 25.8. The lowest BCUT2D eigenvalue weighted by Crippen LogP contribution is -2.41. The highest BCUT2D eigenvalue weighted by Crippen LogP contribution is 2.34. The molecular weight excluding hydrogens is 538 g/mol. The maximum Gasteiger partial charge on any atom is 0.245 e. The maximum absolute atomic E-state index is 12.8. The van der Waals surface area contributed by atoms with Gasteiger partial charge in [-0.1, -0.05) is 44.2 Å². The van der Waals surface area contributed by atoms with Gasteiger partial charge in [0.25, 0.3) is 0 Å². The number of nitrogens with one attached hydrogen (secondary N) is 2. The first-order valence-electron chi connectivity index (χ1n) is 12.8. The molecule has 1 aliphatic carbocycles. The SMILES string of the molecule is CC(C)(CCO)CC(=O)c1ccc(-c2ccc3nc(C(C(=O)NCC(=O)NC4CC4)S(C)(=O)=O)sc3c2)cc1. The number of aliphatic hydroxyl groups excluding tert-OH is 1. The molecule has 2 aromatic carbocycles. The molecule has 1 heterocycles. The number of nitrogens with zero attached hydrogens (tertiary/aromatic N) is 1. The lowest BCUT2D eigenvalue weighted by molar-refractivity contribution is -0.126. The molecule has 208 valence electrons. The number of sulfone groups is 1. The minimum atomic E-state index is -3.86. The van der Waals surface area contributed by atoms with Crippen LogP contribution in [0.25, 0.3) is 21.3 Å². The second-order valence-corrected chi connectivity index (χ2v) is 14.0. The summed E-state index contributed by atoms with van der Waals surface area (Å²) in [6.45, 7) is 3.65. The number of ketones is 1. The molecule has 1 unspecified atom stereocenters. The van der Waals surface area contributed by atoms with E-state index < -0.39 is 21.0 Å². The minimum absolute atomic E-state index is 0.0117. The number of aromatic nitrogens is 1. The van der Waals surface area contributed by atoms with Gasteiger partial charge in [0.2, 0.25) is 11.8 Å². The van der Waals surface area contributed by atoms with Crippen LogP contribution in [-0.2, 0) is 19.4 Å². The summed E-state index contributed by atoms with van der Waals surface area (Å²) in [5.41, 5.74) is 2.60. The summed E-state index contributed by atoms with van der Waals surface area (Å²) in [6, 6.07) is 12.9. The van der Waals surface area contributed by atoms with Gasteiger partial charge in [-0.15, -0.1) is 11.3 Å². The monoisotopic (exact) mass is 571 g/mol. The number of aliphatic hydroxyl groups is 1. The summed E-state index contributed by atoms with van der Waals surface area (Å²) in [4.78, 5) is 41.9. The normalized spacial score (nSPS) is 14.7. The molecule has 3 aromatic rings. The smallest absolute Gasteiger partial charge is 0.245 e. The highest BCUT2D eigenvalue weighted by Gasteiger charge is 2.34. The number of carbonyl (C=O) groups excluding carboxylic acids is 3. The Morgan fingerprint density at radius 3 is 2.38 bits per heavy atom. The van der Waals surface area contributed by atoms with Crippen LogP contribution in [0, 0.1) is 5.41 Å². The molecule has 0 spiro atoms. The predicted molar refractivity (Wildman–Crippen MR) is 151 cm³/mol. The zero-order valence-corrected chi connectivity index (χ0v) is 23.8. The van der Waals surface area contributed by atoms with Gasteiger partial charge in [-0.2, -0.15) is 0 Å². The molecule has 1 aromatic heterocycles. The van der Waals surface area contributed by atoms with Crippen molar-refractivity contribution in [2.24, 2.45) is 5.41 Å². The van der Waals surface area contributed by atoms with Crippen molar-refractivity contribution in [1.29, 1.82) is 0 Å². The molecule has 0 saturated heterocycles. The quantitative estimate of drug-likeness (QED) is 0.283. The third-order valence-electron chi connectivity index (χ3n) is 6.63. The standard InChI is InChI=1S/C28H33N3O6S2/c1-28(2,12-13-32)15-22(33)18-6-4-17(5-7-18)19-8-11-21-23(14-19)38-27(31-21)25(39(3,36)37)26(35)29-16-24(34)30-20-9-10-20/h4-8,11,14,20,25,32H,9-10,12-13,15-16H2,1-3H3,(H,29,35)(H,30,34). The van der Waals surface area contributed by atoms with Crippen LogP contribution in [0.4, 0.5) is 0 Å². The van der Waals surface area contributed by atoms with Gasteiger partial charge >= 0.3 is 0 Å². The van der Waals surface area contributed by atoms with Crippen LogP contribution in [0.15, 0.2) is 42.5 Å². The molecule has 1 saturated carbocycles. The topological polar surface area (TPSA) is 143 Å². The van der Waals surface area contributed by atoms with Crippen LogP contribution in [0.1, 0.15) is 60.1 Å². The third-order valence-corrected chi connectivity index (χ3v) is 9.15. The van der Waals surface area contributed by atoms with E-state index in [0.717, 1.165) is 41.6 Å². The van der Waals surface area contributed by atoms with Crippen molar-refractivity contribution in [3.63, 3.8) is 0 Å². The molecular formula is C28H33N3O6S2. The van der Waals surface area contributed by atoms with Crippen molar-refractivity contribution < 1.29 is 27.9 Å². The first kappa shape index (κ1) is 28.8. The molecule has 4 rings (SSSR count). The highest BCUT2D eigenvalue weighted by atomic mass is 32.2. The Labute approximate surface area is 232 Å². The second-order valence-electron chi connectivity index (χ2n) is 10.8.